The molecule has 0 radical (unpaired) electrons. The Morgan fingerprint density at radius 3 is 2.88 bits per heavy atom. The standard InChI is InChI=1S/C12H11BrFNO2/c1-2-5-15(8-12(16)17)7-9-6-10(14)3-4-11(9)13/h1,3-4,6H,5,7-8H2,(H,16,17). The first-order valence-electron chi connectivity index (χ1n) is 4.84. The summed E-state index contributed by atoms with van der Waals surface area (Å²) in [6.07, 6.45) is 5.16. The molecular formula is C12H11BrFNO2. The minimum absolute atomic E-state index is 0.173. The predicted molar refractivity (Wildman–Crippen MR) is 65.8 cm³/mol. The number of halogens is 2. The largest absolute Gasteiger partial charge is 0.480 e. The molecule has 0 atom stereocenters. The van der Waals surface area contributed by atoms with Crippen molar-refractivity contribution in [2.45, 2.75) is 6.54 Å². The molecule has 0 saturated heterocycles. The summed E-state index contributed by atoms with van der Waals surface area (Å²) in [5.74, 6) is 1.05. The second-order valence-corrected chi connectivity index (χ2v) is 4.33. The first-order chi connectivity index (χ1) is 8.02. The number of aliphatic carboxylic acids is 1. The molecule has 0 aliphatic rings. The Kier molecular flexibility index (Phi) is 5.13. The molecule has 1 aromatic carbocycles. The number of carboxylic acid groups (broad SMARTS) is 1. The van der Waals surface area contributed by atoms with Crippen LogP contribution in [0.3, 0.4) is 0 Å². The van der Waals surface area contributed by atoms with Gasteiger partial charge in [0.1, 0.15) is 5.82 Å². The Morgan fingerprint density at radius 1 is 1.59 bits per heavy atom. The van der Waals surface area contributed by atoms with Gasteiger partial charge < -0.3 is 5.11 Å². The monoisotopic (exact) mass is 299 g/mol. The summed E-state index contributed by atoms with van der Waals surface area (Å²) < 4.78 is 13.8. The van der Waals surface area contributed by atoms with Crippen molar-refractivity contribution in [2.24, 2.45) is 0 Å². The highest BCUT2D eigenvalue weighted by Gasteiger charge is 2.11. The molecule has 90 valence electrons. The van der Waals surface area contributed by atoms with E-state index in [0.29, 0.717) is 5.56 Å². The van der Waals surface area contributed by atoms with E-state index in [4.69, 9.17) is 11.5 Å². The zero-order chi connectivity index (χ0) is 12.8. The van der Waals surface area contributed by atoms with Gasteiger partial charge in [-0.1, -0.05) is 21.9 Å². The van der Waals surface area contributed by atoms with E-state index in [1.165, 1.54) is 12.1 Å². The maximum absolute atomic E-state index is 13.0. The van der Waals surface area contributed by atoms with Gasteiger partial charge in [-0.3, -0.25) is 9.69 Å². The van der Waals surface area contributed by atoms with E-state index in [9.17, 15) is 9.18 Å². The summed E-state index contributed by atoms with van der Waals surface area (Å²) in [6.45, 7) is 0.317. The van der Waals surface area contributed by atoms with Crippen LogP contribution in [0.25, 0.3) is 0 Å². The van der Waals surface area contributed by atoms with Gasteiger partial charge in [0, 0.05) is 11.0 Å². The van der Waals surface area contributed by atoms with Gasteiger partial charge in [0.15, 0.2) is 0 Å². The van der Waals surface area contributed by atoms with Crippen LogP contribution in [0.15, 0.2) is 22.7 Å². The molecule has 0 aliphatic heterocycles. The average molecular weight is 300 g/mol. The topological polar surface area (TPSA) is 40.5 Å². The molecule has 1 aromatic rings. The second-order valence-electron chi connectivity index (χ2n) is 3.48. The van der Waals surface area contributed by atoms with E-state index < -0.39 is 5.97 Å². The number of carboxylic acids is 1. The highest BCUT2D eigenvalue weighted by Crippen LogP contribution is 2.19. The Hall–Kier alpha value is -1.38. The summed E-state index contributed by atoms with van der Waals surface area (Å²) in [4.78, 5) is 12.2. The Morgan fingerprint density at radius 2 is 2.29 bits per heavy atom. The maximum atomic E-state index is 13.0. The molecule has 3 nitrogen and oxygen atoms in total. The lowest BCUT2D eigenvalue weighted by Crippen LogP contribution is -2.29. The fourth-order valence-corrected chi connectivity index (χ4v) is 1.77. The first kappa shape index (κ1) is 13.7. The zero-order valence-electron chi connectivity index (χ0n) is 8.99. The van der Waals surface area contributed by atoms with Gasteiger partial charge in [-0.05, 0) is 23.8 Å². The van der Waals surface area contributed by atoms with E-state index in [-0.39, 0.29) is 25.5 Å². The highest BCUT2D eigenvalue weighted by molar-refractivity contribution is 9.10. The van der Waals surface area contributed by atoms with Crippen molar-refractivity contribution in [3.05, 3.63) is 34.1 Å². The van der Waals surface area contributed by atoms with Gasteiger partial charge >= 0.3 is 5.97 Å². The van der Waals surface area contributed by atoms with Crippen molar-refractivity contribution in [3.63, 3.8) is 0 Å². The molecule has 0 aliphatic carbocycles. The lowest BCUT2D eigenvalue weighted by atomic mass is 10.2. The third kappa shape index (κ3) is 4.55. The van der Waals surface area contributed by atoms with Crippen LogP contribution in [-0.4, -0.2) is 29.1 Å². The molecule has 1 N–H and O–H groups in total. The van der Waals surface area contributed by atoms with E-state index in [2.05, 4.69) is 21.9 Å². The van der Waals surface area contributed by atoms with Crippen molar-refractivity contribution in [3.8, 4) is 12.3 Å². The van der Waals surface area contributed by atoms with E-state index >= 15 is 0 Å². The molecule has 1 rings (SSSR count). The van der Waals surface area contributed by atoms with Crippen molar-refractivity contribution < 1.29 is 14.3 Å². The van der Waals surface area contributed by atoms with Crippen LogP contribution in [0.5, 0.6) is 0 Å². The van der Waals surface area contributed by atoms with E-state index in [0.717, 1.165) is 4.47 Å². The van der Waals surface area contributed by atoms with Crippen molar-refractivity contribution >= 4 is 21.9 Å². The van der Waals surface area contributed by atoms with Gasteiger partial charge in [0.05, 0.1) is 13.1 Å². The first-order valence-corrected chi connectivity index (χ1v) is 5.63. The van der Waals surface area contributed by atoms with Gasteiger partial charge in [-0.25, -0.2) is 4.39 Å². The van der Waals surface area contributed by atoms with Crippen molar-refractivity contribution in [1.29, 1.82) is 0 Å². The summed E-state index contributed by atoms with van der Waals surface area (Å²) in [7, 11) is 0. The molecule has 0 saturated carbocycles. The van der Waals surface area contributed by atoms with Gasteiger partial charge in [-0.15, -0.1) is 6.42 Å². The highest BCUT2D eigenvalue weighted by atomic mass is 79.9. The van der Waals surface area contributed by atoms with Crippen LogP contribution in [0, 0.1) is 18.2 Å². The minimum atomic E-state index is -0.965. The fourth-order valence-electron chi connectivity index (χ4n) is 1.39. The number of rotatable bonds is 5. The molecule has 0 unspecified atom stereocenters. The fraction of sp³-hybridized carbons (Fsp3) is 0.250. The summed E-state index contributed by atoms with van der Waals surface area (Å²) in [5.41, 5.74) is 0.668. The zero-order valence-corrected chi connectivity index (χ0v) is 10.6. The molecule has 5 heteroatoms. The molecule has 0 aromatic heterocycles. The van der Waals surface area contributed by atoms with Gasteiger partial charge in [-0.2, -0.15) is 0 Å². The van der Waals surface area contributed by atoms with Gasteiger partial charge in [0.2, 0.25) is 0 Å². The normalized spacial score (nSPS) is 10.2. The van der Waals surface area contributed by atoms with E-state index in [1.54, 1.807) is 11.0 Å². The lowest BCUT2D eigenvalue weighted by molar-refractivity contribution is -0.138. The van der Waals surface area contributed by atoms with Crippen LogP contribution in [-0.2, 0) is 11.3 Å². The molecule has 0 fully saturated rings. The molecule has 0 spiro atoms. The summed E-state index contributed by atoms with van der Waals surface area (Å²) in [5, 5.41) is 8.72. The Labute approximate surface area is 107 Å². The van der Waals surface area contributed by atoms with Gasteiger partial charge in [0.25, 0.3) is 0 Å². The quantitative estimate of drug-likeness (QED) is 0.847. The number of terminal acetylenes is 1. The van der Waals surface area contributed by atoms with Crippen molar-refractivity contribution in [2.75, 3.05) is 13.1 Å². The van der Waals surface area contributed by atoms with Crippen LogP contribution < -0.4 is 0 Å². The van der Waals surface area contributed by atoms with Crippen molar-refractivity contribution in [1.82, 2.24) is 4.90 Å². The lowest BCUT2D eigenvalue weighted by Gasteiger charge is -2.18. The molecule has 17 heavy (non-hydrogen) atoms. The van der Waals surface area contributed by atoms with Crippen LogP contribution in [0.2, 0.25) is 0 Å². The summed E-state index contributed by atoms with van der Waals surface area (Å²) >= 11 is 3.28. The number of carbonyl (C=O) groups is 1. The van der Waals surface area contributed by atoms with Crippen LogP contribution in [0.4, 0.5) is 4.39 Å². The van der Waals surface area contributed by atoms with Crippen LogP contribution in [0.1, 0.15) is 5.56 Å². The number of benzene rings is 1. The number of nitrogens with zero attached hydrogens (tertiary/aromatic N) is 1. The number of hydrogen-bond donors (Lipinski definition) is 1. The molecular weight excluding hydrogens is 289 g/mol. The average Bonchev–Trinajstić information content (AvgIpc) is 2.23. The Balaban J connectivity index is 2.81. The third-order valence-corrected chi connectivity index (χ3v) is 2.85. The second kappa shape index (κ2) is 6.38. The maximum Gasteiger partial charge on any atom is 0.317 e. The Bertz CT molecular complexity index is 456. The molecule has 0 amide bonds. The molecule has 0 heterocycles. The number of hydrogen-bond acceptors (Lipinski definition) is 2. The van der Waals surface area contributed by atoms with E-state index in [1.807, 2.05) is 0 Å². The third-order valence-electron chi connectivity index (χ3n) is 2.08. The SMILES string of the molecule is C#CCN(CC(=O)O)Cc1cc(F)ccc1Br. The molecule has 0 bridgehead atoms. The summed E-state index contributed by atoms with van der Waals surface area (Å²) in [6, 6.07) is 4.27. The minimum Gasteiger partial charge on any atom is -0.480 e. The van der Waals surface area contributed by atoms with Crippen LogP contribution >= 0.6 is 15.9 Å². The smallest absolute Gasteiger partial charge is 0.317 e. The predicted octanol–water partition coefficient (Wildman–Crippen LogP) is 2.11.